The van der Waals surface area contributed by atoms with Crippen molar-refractivity contribution in [3.8, 4) is 0 Å². The van der Waals surface area contributed by atoms with Gasteiger partial charge in [0.05, 0.1) is 10.7 Å². The van der Waals surface area contributed by atoms with Gasteiger partial charge in [-0.1, -0.05) is 24.6 Å². The maximum atomic E-state index is 6.50. The van der Waals surface area contributed by atoms with Crippen molar-refractivity contribution in [1.29, 1.82) is 0 Å². The van der Waals surface area contributed by atoms with E-state index in [1.54, 1.807) is 0 Å². The Bertz CT molecular complexity index is 443. The number of nitrogens with zero attached hydrogens (tertiary/aromatic N) is 1. The van der Waals surface area contributed by atoms with Gasteiger partial charge in [-0.3, -0.25) is 0 Å². The van der Waals surface area contributed by atoms with Gasteiger partial charge >= 0.3 is 0 Å². The van der Waals surface area contributed by atoms with Gasteiger partial charge in [0, 0.05) is 19.1 Å². The molecule has 2 rings (SSSR count). The van der Waals surface area contributed by atoms with Gasteiger partial charge in [0.25, 0.3) is 0 Å². The predicted octanol–water partition coefficient (Wildman–Crippen LogP) is 4.64. The number of benzene rings is 1. The van der Waals surface area contributed by atoms with E-state index in [0.29, 0.717) is 12.1 Å². The molecule has 2 atom stereocenters. The highest BCUT2D eigenvalue weighted by Gasteiger charge is 2.31. The fraction of sp³-hybridized carbons (Fsp3) is 0.647. The van der Waals surface area contributed by atoms with Crippen molar-refractivity contribution in [1.82, 2.24) is 5.32 Å². The first-order valence-electron chi connectivity index (χ1n) is 7.80. The van der Waals surface area contributed by atoms with E-state index in [1.807, 2.05) is 0 Å². The van der Waals surface area contributed by atoms with Gasteiger partial charge in [-0.2, -0.15) is 0 Å². The molecule has 0 bridgehead atoms. The average molecular weight is 295 g/mol. The van der Waals surface area contributed by atoms with Crippen LogP contribution in [0.25, 0.3) is 0 Å². The molecule has 0 aromatic heterocycles. The van der Waals surface area contributed by atoms with Gasteiger partial charge in [0.15, 0.2) is 0 Å². The zero-order valence-electron chi connectivity index (χ0n) is 13.1. The smallest absolute Gasteiger partial charge is 0.0642 e. The van der Waals surface area contributed by atoms with Crippen LogP contribution < -0.4 is 10.2 Å². The molecular formula is C17H27ClN2. The van der Waals surface area contributed by atoms with Crippen LogP contribution in [0.5, 0.6) is 0 Å². The Balaban J connectivity index is 2.08. The van der Waals surface area contributed by atoms with Crippen molar-refractivity contribution in [2.45, 2.75) is 52.1 Å². The highest BCUT2D eigenvalue weighted by Crippen LogP contribution is 2.38. The second-order valence-electron chi connectivity index (χ2n) is 6.08. The normalized spacial score (nSPS) is 17.9. The summed E-state index contributed by atoms with van der Waals surface area (Å²) in [7, 11) is 2.16. The second-order valence-corrected chi connectivity index (χ2v) is 6.48. The maximum Gasteiger partial charge on any atom is 0.0642 e. The molecule has 20 heavy (non-hydrogen) atoms. The monoisotopic (exact) mass is 294 g/mol. The lowest BCUT2D eigenvalue weighted by atomic mass is 10.1. The molecule has 0 spiro atoms. The van der Waals surface area contributed by atoms with Crippen molar-refractivity contribution in [2.75, 3.05) is 18.5 Å². The molecule has 2 unspecified atom stereocenters. The molecule has 1 aromatic rings. The zero-order chi connectivity index (χ0) is 14.7. The largest absolute Gasteiger partial charge is 0.370 e. The molecule has 0 radical (unpaired) electrons. The molecule has 1 aliphatic rings. The van der Waals surface area contributed by atoms with Crippen molar-refractivity contribution in [3.63, 3.8) is 0 Å². The second kappa shape index (κ2) is 6.82. The number of anilines is 1. The van der Waals surface area contributed by atoms with Crippen LogP contribution in [0.15, 0.2) is 18.2 Å². The first-order valence-corrected chi connectivity index (χ1v) is 8.18. The SMILES string of the molecule is CCCNC(C)c1ccc(N(C)C(C)C2CC2)c(Cl)c1. The zero-order valence-corrected chi connectivity index (χ0v) is 13.9. The predicted molar refractivity (Wildman–Crippen MR) is 88.7 cm³/mol. The van der Waals surface area contributed by atoms with Crippen LogP contribution in [-0.2, 0) is 0 Å². The Labute approximate surface area is 128 Å². The minimum absolute atomic E-state index is 0.354. The van der Waals surface area contributed by atoms with E-state index in [4.69, 9.17) is 11.6 Å². The molecule has 0 aliphatic heterocycles. The number of hydrogen-bond acceptors (Lipinski definition) is 2. The molecule has 1 N–H and O–H groups in total. The third-order valence-electron chi connectivity index (χ3n) is 4.47. The average Bonchev–Trinajstić information content (AvgIpc) is 3.27. The minimum Gasteiger partial charge on any atom is -0.370 e. The molecule has 1 aromatic carbocycles. The van der Waals surface area contributed by atoms with Crippen LogP contribution in [0.2, 0.25) is 5.02 Å². The van der Waals surface area contributed by atoms with Crippen LogP contribution in [-0.4, -0.2) is 19.6 Å². The molecule has 0 amide bonds. The van der Waals surface area contributed by atoms with Gasteiger partial charge in [-0.15, -0.1) is 0 Å². The molecule has 2 nitrogen and oxygen atoms in total. The summed E-state index contributed by atoms with van der Waals surface area (Å²) in [6.07, 6.45) is 3.87. The summed E-state index contributed by atoms with van der Waals surface area (Å²) in [6.45, 7) is 7.72. The third-order valence-corrected chi connectivity index (χ3v) is 4.77. The molecule has 0 heterocycles. The molecule has 1 saturated carbocycles. The van der Waals surface area contributed by atoms with Gasteiger partial charge in [0.1, 0.15) is 0 Å². The maximum absolute atomic E-state index is 6.50. The fourth-order valence-electron chi connectivity index (χ4n) is 2.67. The molecule has 1 aliphatic carbocycles. The standard InChI is InChI=1S/C17H27ClN2/c1-5-10-19-12(2)15-8-9-17(16(18)11-15)20(4)13(3)14-6-7-14/h8-9,11-14,19H,5-7,10H2,1-4H3. The highest BCUT2D eigenvalue weighted by molar-refractivity contribution is 6.33. The van der Waals surface area contributed by atoms with Crippen LogP contribution in [0, 0.1) is 5.92 Å². The summed E-state index contributed by atoms with van der Waals surface area (Å²) in [5, 5.41) is 4.37. The molecular weight excluding hydrogens is 268 g/mol. The van der Waals surface area contributed by atoms with Crippen LogP contribution >= 0.6 is 11.6 Å². The highest BCUT2D eigenvalue weighted by atomic mass is 35.5. The number of rotatable bonds is 7. The van der Waals surface area contributed by atoms with Gasteiger partial charge < -0.3 is 10.2 Å². The van der Waals surface area contributed by atoms with E-state index in [2.05, 4.69) is 56.2 Å². The number of nitrogens with one attached hydrogen (secondary N) is 1. The summed E-state index contributed by atoms with van der Waals surface area (Å²) in [5.74, 6) is 0.848. The summed E-state index contributed by atoms with van der Waals surface area (Å²) in [6, 6.07) is 7.41. The topological polar surface area (TPSA) is 15.3 Å². The van der Waals surface area contributed by atoms with E-state index in [0.717, 1.165) is 29.6 Å². The molecule has 112 valence electrons. The fourth-order valence-corrected chi connectivity index (χ4v) is 2.99. The molecule has 1 fully saturated rings. The quantitative estimate of drug-likeness (QED) is 0.788. The molecule has 3 heteroatoms. The lowest BCUT2D eigenvalue weighted by Gasteiger charge is -2.28. The van der Waals surface area contributed by atoms with Crippen molar-refractivity contribution >= 4 is 17.3 Å². The Morgan fingerprint density at radius 2 is 2.05 bits per heavy atom. The summed E-state index contributed by atoms with van der Waals surface area (Å²) in [5.41, 5.74) is 2.41. The first kappa shape index (κ1) is 15.7. The number of halogens is 1. The minimum atomic E-state index is 0.354. The third kappa shape index (κ3) is 3.67. The lowest BCUT2D eigenvalue weighted by molar-refractivity contribution is 0.570. The number of hydrogen-bond donors (Lipinski definition) is 1. The van der Waals surface area contributed by atoms with E-state index >= 15 is 0 Å². The lowest BCUT2D eigenvalue weighted by Crippen LogP contribution is -2.30. The van der Waals surface area contributed by atoms with Crippen LogP contribution in [0.1, 0.15) is 51.6 Å². The van der Waals surface area contributed by atoms with E-state index in [9.17, 15) is 0 Å². The van der Waals surface area contributed by atoms with Gasteiger partial charge in [0.2, 0.25) is 0 Å². The van der Waals surface area contributed by atoms with Crippen LogP contribution in [0.3, 0.4) is 0 Å². The van der Waals surface area contributed by atoms with Crippen molar-refractivity contribution in [3.05, 3.63) is 28.8 Å². The van der Waals surface area contributed by atoms with Crippen molar-refractivity contribution in [2.24, 2.45) is 5.92 Å². The summed E-state index contributed by atoms with van der Waals surface area (Å²) >= 11 is 6.50. The molecule has 0 saturated heterocycles. The summed E-state index contributed by atoms with van der Waals surface area (Å²) < 4.78 is 0. The Morgan fingerprint density at radius 1 is 1.35 bits per heavy atom. The van der Waals surface area contributed by atoms with E-state index in [-0.39, 0.29) is 0 Å². The van der Waals surface area contributed by atoms with Gasteiger partial charge in [-0.05, 0) is 63.3 Å². The summed E-state index contributed by atoms with van der Waals surface area (Å²) in [4.78, 5) is 2.33. The Hall–Kier alpha value is -0.730. The van der Waals surface area contributed by atoms with E-state index < -0.39 is 0 Å². The Kier molecular flexibility index (Phi) is 5.34. The first-order chi connectivity index (χ1) is 9.54. The van der Waals surface area contributed by atoms with Crippen LogP contribution in [0.4, 0.5) is 5.69 Å². The van der Waals surface area contributed by atoms with Crippen molar-refractivity contribution < 1.29 is 0 Å². The van der Waals surface area contributed by atoms with E-state index in [1.165, 1.54) is 18.4 Å². The Morgan fingerprint density at radius 3 is 2.60 bits per heavy atom. The van der Waals surface area contributed by atoms with Gasteiger partial charge in [-0.25, -0.2) is 0 Å².